The molecule has 1 saturated carbocycles. The van der Waals surface area contributed by atoms with Gasteiger partial charge in [-0.3, -0.25) is 20.2 Å². The number of hydrogen-bond acceptors (Lipinski definition) is 6. The molecule has 0 bridgehead atoms. The zero-order valence-electron chi connectivity index (χ0n) is 12.4. The minimum atomic E-state index is -0.669. The number of nitrogens with zero attached hydrogens (tertiary/aromatic N) is 2. The second-order valence-corrected chi connectivity index (χ2v) is 5.35. The first kappa shape index (κ1) is 16.7. The predicted molar refractivity (Wildman–Crippen MR) is 79.9 cm³/mol. The minimum absolute atomic E-state index is 0.0600. The molecule has 0 unspecified atom stereocenters. The SMILES string of the molecule is O=C(NCc1cc([N+](=O)[O-])ccc1[N+](=O)[O-])OC1CCCCC1. The zero-order valence-corrected chi connectivity index (χ0v) is 12.4. The Morgan fingerprint density at radius 2 is 1.87 bits per heavy atom. The van der Waals surface area contributed by atoms with Gasteiger partial charge in [0, 0.05) is 18.2 Å². The van der Waals surface area contributed by atoms with E-state index in [-0.39, 0.29) is 29.6 Å². The largest absolute Gasteiger partial charge is 0.446 e. The number of ether oxygens (including phenoxy) is 1. The summed E-state index contributed by atoms with van der Waals surface area (Å²) in [6.45, 7) is -0.205. The molecule has 0 spiro atoms. The Labute approximate surface area is 131 Å². The van der Waals surface area contributed by atoms with Crippen molar-refractivity contribution in [1.82, 2.24) is 5.32 Å². The van der Waals surface area contributed by atoms with Crippen molar-refractivity contribution in [3.63, 3.8) is 0 Å². The Morgan fingerprint density at radius 1 is 1.17 bits per heavy atom. The fourth-order valence-corrected chi connectivity index (χ4v) is 2.55. The van der Waals surface area contributed by atoms with Gasteiger partial charge in [0.1, 0.15) is 6.10 Å². The normalized spacial score (nSPS) is 15.0. The molecule has 23 heavy (non-hydrogen) atoms. The van der Waals surface area contributed by atoms with Gasteiger partial charge in [-0.25, -0.2) is 4.79 Å². The Bertz CT molecular complexity index is 613. The number of nitro benzene ring substituents is 2. The fraction of sp³-hybridized carbons (Fsp3) is 0.500. The topological polar surface area (TPSA) is 125 Å². The summed E-state index contributed by atoms with van der Waals surface area (Å²) in [7, 11) is 0. The lowest BCUT2D eigenvalue weighted by molar-refractivity contribution is -0.389. The summed E-state index contributed by atoms with van der Waals surface area (Å²) >= 11 is 0. The van der Waals surface area contributed by atoms with Gasteiger partial charge in [-0.2, -0.15) is 0 Å². The number of rotatable bonds is 5. The van der Waals surface area contributed by atoms with Crippen molar-refractivity contribution in [1.29, 1.82) is 0 Å². The van der Waals surface area contributed by atoms with Crippen LogP contribution in [0, 0.1) is 20.2 Å². The molecule has 1 fully saturated rings. The number of carbonyl (C=O) groups excluding carboxylic acids is 1. The number of benzene rings is 1. The highest BCUT2D eigenvalue weighted by Gasteiger charge is 2.21. The van der Waals surface area contributed by atoms with E-state index in [4.69, 9.17) is 4.74 Å². The molecular weight excluding hydrogens is 306 g/mol. The van der Waals surface area contributed by atoms with Crippen LogP contribution in [0.15, 0.2) is 18.2 Å². The average molecular weight is 323 g/mol. The molecule has 1 aliphatic carbocycles. The zero-order chi connectivity index (χ0) is 16.8. The molecular formula is C14H17N3O6. The van der Waals surface area contributed by atoms with E-state index in [9.17, 15) is 25.0 Å². The van der Waals surface area contributed by atoms with Crippen LogP contribution in [0.4, 0.5) is 16.2 Å². The van der Waals surface area contributed by atoms with E-state index in [0.717, 1.165) is 50.3 Å². The van der Waals surface area contributed by atoms with E-state index in [1.165, 1.54) is 0 Å². The van der Waals surface area contributed by atoms with E-state index in [2.05, 4.69) is 5.32 Å². The Hall–Kier alpha value is -2.71. The Kier molecular flexibility index (Phi) is 5.45. The van der Waals surface area contributed by atoms with E-state index < -0.39 is 15.9 Å². The molecule has 1 aromatic carbocycles. The van der Waals surface area contributed by atoms with Gasteiger partial charge in [0.25, 0.3) is 11.4 Å². The lowest BCUT2D eigenvalue weighted by atomic mass is 9.98. The van der Waals surface area contributed by atoms with Crippen LogP contribution in [0.3, 0.4) is 0 Å². The molecule has 1 aliphatic rings. The summed E-state index contributed by atoms with van der Waals surface area (Å²) in [6, 6.07) is 3.20. The molecule has 0 aliphatic heterocycles. The van der Waals surface area contributed by atoms with Crippen LogP contribution in [-0.4, -0.2) is 22.0 Å². The number of carbonyl (C=O) groups is 1. The van der Waals surface area contributed by atoms with E-state index in [0.29, 0.717) is 0 Å². The van der Waals surface area contributed by atoms with Gasteiger partial charge in [-0.15, -0.1) is 0 Å². The van der Waals surface area contributed by atoms with Crippen LogP contribution in [-0.2, 0) is 11.3 Å². The predicted octanol–water partition coefficient (Wildman–Crippen LogP) is 3.06. The van der Waals surface area contributed by atoms with Crippen LogP contribution in [0.25, 0.3) is 0 Å². The highest BCUT2D eigenvalue weighted by Crippen LogP contribution is 2.24. The third-order valence-corrected chi connectivity index (χ3v) is 3.72. The third kappa shape index (κ3) is 4.63. The van der Waals surface area contributed by atoms with Gasteiger partial charge < -0.3 is 10.1 Å². The monoisotopic (exact) mass is 323 g/mol. The molecule has 9 heteroatoms. The first-order valence-corrected chi connectivity index (χ1v) is 7.33. The molecule has 0 saturated heterocycles. The Balaban J connectivity index is 2.00. The van der Waals surface area contributed by atoms with Crippen LogP contribution in [0.2, 0.25) is 0 Å². The quantitative estimate of drug-likeness (QED) is 0.655. The number of amides is 1. The number of alkyl carbamates (subject to hydrolysis) is 1. The summed E-state index contributed by atoms with van der Waals surface area (Å²) < 4.78 is 5.24. The van der Waals surface area contributed by atoms with Gasteiger partial charge in [-0.05, 0) is 25.7 Å². The molecule has 0 heterocycles. The Morgan fingerprint density at radius 3 is 2.48 bits per heavy atom. The lowest BCUT2D eigenvalue weighted by Gasteiger charge is -2.21. The summed E-state index contributed by atoms with van der Waals surface area (Å²) in [5.41, 5.74) is -0.494. The smallest absolute Gasteiger partial charge is 0.407 e. The van der Waals surface area contributed by atoms with E-state index in [1.54, 1.807) is 0 Å². The maximum atomic E-state index is 11.7. The van der Waals surface area contributed by atoms with Crippen molar-refractivity contribution in [2.75, 3.05) is 0 Å². The molecule has 0 radical (unpaired) electrons. The van der Waals surface area contributed by atoms with Crippen molar-refractivity contribution in [2.24, 2.45) is 0 Å². The van der Waals surface area contributed by atoms with Crippen molar-refractivity contribution in [3.8, 4) is 0 Å². The molecule has 0 aromatic heterocycles. The van der Waals surface area contributed by atoms with Gasteiger partial charge in [0.2, 0.25) is 0 Å². The third-order valence-electron chi connectivity index (χ3n) is 3.72. The van der Waals surface area contributed by atoms with Crippen molar-refractivity contribution in [3.05, 3.63) is 44.0 Å². The lowest BCUT2D eigenvalue weighted by Crippen LogP contribution is -2.29. The molecule has 124 valence electrons. The van der Waals surface area contributed by atoms with E-state index in [1.807, 2.05) is 0 Å². The second-order valence-electron chi connectivity index (χ2n) is 5.35. The average Bonchev–Trinajstić information content (AvgIpc) is 2.53. The van der Waals surface area contributed by atoms with Crippen molar-refractivity contribution in [2.45, 2.75) is 44.8 Å². The maximum absolute atomic E-state index is 11.7. The molecule has 1 amide bonds. The van der Waals surface area contributed by atoms with Crippen molar-refractivity contribution < 1.29 is 19.4 Å². The number of hydrogen-bond donors (Lipinski definition) is 1. The summed E-state index contributed by atoms with van der Waals surface area (Å²) in [6.07, 6.45) is 3.96. The molecule has 9 nitrogen and oxygen atoms in total. The summed E-state index contributed by atoms with van der Waals surface area (Å²) in [5, 5.41) is 24.1. The van der Waals surface area contributed by atoms with Gasteiger partial charge in [0.15, 0.2) is 0 Å². The number of nitrogens with one attached hydrogen (secondary N) is 1. The van der Waals surface area contributed by atoms with Gasteiger partial charge in [0.05, 0.1) is 22.0 Å². The fourth-order valence-electron chi connectivity index (χ4n) is 2.55. The highest BCUT2D eigenvalue weighted by molar-refractivity contribution is 5.67. The molecule has 1 aromatic rings. The summed E-state index contributed by atoms with van der Waals surface area (Å²) in [5.74, 6) is 0. The molecule has 2 rings (SSSR count). The first-order valence-electron chi connectivity index (χ1n) is 7.33. The standard InChI is InChI=1S/C14H17N3O6/c18-14(23-12-4-2-1-3-5-12)15-9-10-8-11(16(19)20)6-7-13(10)17(21)22/h6-8,12H,1-5,9H2,(H,15,18). The van der Waals surface area contributed by atoms with Crippen molar-refractivity contribution >= 4 is 17.5 Å². The molecule has 0 atom stereocenters. The second kappa shape index (κ2) is 7.52. The highest BCUT2D eigenvalue weighted by atomic mass is 16.6. The minimum Gasteiger partial charge on any atom is -0.446 e. The maximum Gasteiger partial charge on any atom is 0.407 e. The van der Waals surface area contributed by atoms with Gasteiger partial charge in [-0.1, -0.05) is 6.42 Å². The van der Waals surface area contributed by atoms with Crippen LogP contribution < -0.4 is 5.32 Å². The number of nitro groups is 2. The first-order chi connectivity index (χ1) is 11.0. The van der Waals surface area contributed by atoms with E-state index >= 15 is 0 Å². The van der Waals surface area contributed by atoms with Crippen LogP contribution in [0.5, 0.6) is 0 Å². The summed E-state index contributed by atoms with van der Waals surface area (Å²) in [4.78, 5) is 32.2. The van der Waals surface area contributed by atoms with Gasteiger partial charge >= 0.3 is 6.09 Å². The van der Waals surface area contributed by atoms with Crippen LogP contribution in [0.1, 0.15) is 37.7 Å². The molecule has 1 N–H and O–H groups in total. The van der Waals surface area contributed by atoms with Crippen LogP contribution >= 0.6 is 0 Å². The number of non-ortho nitro benzene ring substituents is 1.